The number of sulfonamides is 1. The number of rotatable bonds is 5. The van der Waals surface area contributed by atoms with Crippen LogP contribution < -0.4 is 10.5 Å². The highest BCUT2D eigenvalue weighted by Crippen LogP contribution is 2.09. The van der Waals surface area contributed by atoms with Gasteiger partial charge >= 0.3 is 0 Å². The van der Waals surface area contributed by atoms with Gasteiger partial charge in [0.25, 0.3) is 0 Å². The van der Waals surface area contributed by atoms with Crippen LogP contribution in [0.1, 0.15) is 16.8 Å². The minimum Gasteiger partial charge on any atom is -0.308 e. The lowest BCUT2D eigenvalue weighted by Crippen LogP contribution is -2.14. The van der Waals surface area contributed by atoms with Crippen LogP contribution in [-0.4, -0.2) is 18.2 Å². The van der Waals surface area contributed by atoms with Crippen molar-refractivity contribution in [1.82, 2.24) is 15.1 Å². The fraction of sp³-hybridized carbons (Fsp3) is 0.308. The van der Waals surface area contributed by atoms with Crippen molar-refractivity contribution >= 4 is 10.0 Å². The first-order valence-corrected chi connectivity index (χ1v) is 7.72. The molecule has 20 heavy (non-hydrogen) atoms. The highest BCUT2D eigenvalue weighted by molar-refractivity contribution is 7.89. The van der Waals surface area contributed by atoms with Crippen LogP contribution in [-0.2, 0) is 30.2 Å². The number of hydrogen-bond donors (Lipinski definition) is 2. The van der Waals surface area contributed by atoms with Gasteiger partial charge in [0.2, 0.25) is 10.0 Å². The number of primary sulfonamides is 1. The number of hydrogen-bond acceptors (Lipinski definition) is 4. The van der Waals surface area contributed by atoms with Crippen molar-refractivity contribution < 1.29 is 8.42 Å². The first kappa shape index (κ1) is 14.7. The van der Waals surface area contributed by atoms with E-state index in [1.165, 1.54) is 12.1 Å². The summed E-state index contributed by atoms with van der Waals surface area (Å²) >= 11 is 0. The van der Waals surface area contributed by atoms with E-state index < -0.39 is 10.0 Å². The quantitative estimate of drug-likeness (QED) is 0.848. The Morgan fingerprint density at radius 3 is 2.40 bits per heavy atom. The summed E-state index contributed by atoms with van der Waals surface area (Å²) in [6.07, 6.45) is 1.98. The van der Waals surface area contributed by atoms with Crippen LogP contribution in [0.15, 0.2) is 35.4 Å². The van der Waals surface area contributed by atoms with Gasteiger partial charge in [-0.05, 0) is 24.6 Å². The number of benzene rings is 1. The summed E-state index contributed by atoms with van der Waals surface area (Å²) in [6, 6.07) is 6.54. The van der Waals surface area contributed by atoms with E-state index in [1.807, 2.05) is 20.2 Å². The molecule has 108 valence electrons. The van der Waals surface area contributed by atoms with E-state index in [0.717, 1.165) is 23.4 Å². The largest absolute Gasteiger partial charge is 0.308 e. The summed E-state index contributed by atoms with van der Waals surface area (Å²) < 4.78 is 24.1. The number of nitrogens with two attached hydrogens (primary N) is 1. The third-order valence-electron chi connectivity index (χ3n) is 3.01. The minimum absolute atomic E-state index is 0.129. The number of nitrogens with one attached hydrogen (secondary N) is 1. The van der Waals surface area contributed by atoms with Crippen LogP contribution in [0.2, 0.25) is 0 Å². The molecular formula is C13H18N4O2S. The van der Waals surface area contributed by atoms with Crippen LogP contribution in [0.5, 0.6) is 0 Å². The van der Waals surface area contributed by atoms with Crippen molar-refractivity contribution in [3.05, 3.63) is 47.3 Å². The van der Waals surface area contributed by atoms with Gasteiger partial charge < -0.3 is 5.32 Å². The second kappa shape index (κ2) is 5.74. The summed E-state index contributed by atoms with van der Waals surface area (Å²) in [4.78, 5) is 0.129. The molecule has 0 aliphatic rings. The Balaban J connectivity index is 1.93. The van der Waals surface area contributed by atoms with E-state index in [2.05, 4.69) is 10.4 Å². The molecule has 0 amide bonds. The lowest BCUT2D eigenvalue weighted by Gasteiger charge is -2.05. The molecule has 0 saturated carbocycles. The first-order valence-electron chi connectivity index (χ1n) is 6.18. The summed E-state index contributed by atoms with van der Waals surface area (Å²) in [5.41, 5.74) is 3.15. The average Bonchev–Trinajstić information content (AvgIpc) is 2.67. The zero-order valence-corrected chi connectivity index (χ0v) is 12.3. The van der Waals surface area contributed by atoms with Crippen molar-refractivity contribution in [3.63, 3.8) is 0 Å². The van der Waals surface area contributed by atoms with E-state index in [4.69, 9.17) is 5.14 Å². The maximum Gasteiger partial charge on any atom is 0.238 e. The minimum atomic E-state index is -3.62. The molecule has 0 bridgehead atoms. The number of aromatic nitrogens is 2. The van der Waals surface area contributed by atoms with Crippen molar-refractivity contribution in [1.29, 1.82) is 0 Å². The lowest BCUT2D eigenvalue weighted by atomic mass is 10.2. The SMILES string of the molecule is Cc1nn(C)cc1CNCc1ccc(S(N)(=O)=O)cc1. The highest BCUT2D eigenvalue weighted by Gasteiger charge is 2.07. The fourth-order valence-electron chi connectivity index (χ4n) is 1.96. The molecule has 7 heteroatoms. The summed E-state index contributed by atoms with van der Waals surface area (Å²) in [7, 11) is -1.73. The fourth-order valence-corrected chi connectivity index (χ4v) is 2.48. The Morgan fingerprint density at radius 2 is 1.90 bits per heavy atom. The molecule has 2 aromatic rings. The van der Waals surface area contributed by atoms with Gasteiger partial charge in [0.1, 0.15) is 0 Å². The third-order valence-corrected chi connectivity index (χ3v) is 3.94. The second-order valence-corrected chi connectivity index (χ2v) is 6.27. The maximum atomic E-state index is 11.1. The van der Waals surface area contributed by atoms with Crippen LogP contribution in [0.25, 0.3) is 0 Å². The van der Waals surface area contributed by atoms with Crippen molar-refractivity contribution in [3.8, 4) is 0 Å². The van der Waals surface area contributed by atoms with Crippen LogP contribution in [0.4, 0.5) is 0 Å². The smallest absolute Gasteiger partial charge is 0.238 e. The van der Waals surface area contributed by atoms with Gasteiger partial charge in [-0.1, -0.05) is 12.1 Å². The molecule has 0 spiro atoms. The van der Waals surface area contributed by atoms with Crippen LogP contribution >= 0.6 is 0 Å². The molecule has 2 rings (SSSR count). The van der Waals surface area contributed by atoms with Gasteiger partial charge in [0.05, 0.1) is 10.6 Å². The van der Waals surface area contributed by atoms with E-state index in [9.17, 15) is 8.42 Å². The van der Waals surface area contributed by atoms with Gasteiger partial charge in [-0.25, -0.2) is 13.6 Å². The zero-order chi connectivity index (χ0) is 14.8. The molecule has 6 nitrogen and oxygen atoms in total. The van der Waals surface area contributed by atoms with E-state index in [1.54, 1.807) is 16.8 Å². The van der Waals surface area contributed by atoms with Crippen LogP contribution in [0.3, 0.4) is 0 Å². The van der Waals surface area contributed by atoms with E-state index >= 15 is 0 Å². The lowest BCUT2D eigenvalue weighted by molar-refractivity contribution is 0.597. The molecule has 3 N–H and O–H groups in total. The Bertz CT molecular complexity index is 690. The molecule has 1 aromatic carbocycles. The van der Waals surface area contributed by atoms with Gasteiger partial charge in [0.15, 0.2) is 0 Å². The molecule has 0 aliphatic heterocycles. The van der Waals surface area contributed by atoms with Crippen molar-refractivity contribution in [2.75, 3.05) is 0 Å². The molecule has 0 atom stereocenters. The molecule has 0 saturated heterocycles. The molecule has 0 unspecified atom stereocenters. The van der Waals surface area contributed by atoms with E-state index in [-0.39, 0.29) is 4.90 Å². The normalized spacial score (nSPS) is 11.8. The Labute approximate surface area is 118 Å². The van der Waals surface area contributed by atoms with Crippen LogP contribution in [0, 0.1) is 6.92 Å². The maximum absolute atomic E-state index is 11.1. The van der Waals surface area contributed by atoms with Gasteiger partial charge in [0, 0.05) is 31.9 Å². The summed E-state index contributed by atoms with van der Waals surface area (Å²) in [5, 5.41) is 12.6. The Morgan fingerprint density at radius 1 is 1.25 bits per heavy atom. The number of nitrogens with zero attached hydrogens (tertiary/aromatic N) is 2. The Hall–Kier alpha value is -1.70. The topological polar surface area (TPSA) is 90.0 Å². The van der Waals surface area contributed by atoms with Crippen molar-refractivity contribution in [2.24, 2.45) is 12.2 Å². The summed E-state index contributed by atoms with van der Waals surface area (Å²) in [5.74, 6) is 0. The Kier molecular flexibility index (Phi) is 4.22. The zero-order valence-electron chi connectivity index (χ0n) is 11.5. The van der Waals surface area contributed by atoms with Gasteiger partial charge in [-0.15, -0.1) is 0 Å². The predicted molar refractivity (Wildman–Crippen MR) is 76.3 cm³/mol. The molecule has 0 radical (unpaired) electrons. The molecule has 0 aliphatic carbocycles. The standard InChI is InChI=1S/C13H18N4O2S/c1-10-12(9-17(2)16-10)8-15-7-11-3-5-13(6-4-11)20(14,18)19/h3-6,9,15H,7-8H2,1-2H3,(H2,14,18,19). The van der Waals surface area contributed by atoms with E-state index in [0.29, 0.717) is 6.54 Å². The van der Waals surface area contributed by atoms with Gasteiger partial charge in [-0.3, -0.25) is 4.68 Å². The molecule has 1 aromatic heterocycles. The third kappa shape index (κ3) is 3.66. The monoisotopic (exact) mass is 294 g/mol. The predicted octanol–water partition coefficient (Wildman–Crippen LogP) is 0.666. The van der Waals surface area contributed by atoms with Gasteiger partial charge in [-0.2, -0.15) is 5.10 Å². The first-order chi connectivity index (χ1) is 9.36. The molecule has 0 fully saturated rings. The van der Waals surface area contributed by atoms with Crippen molar-refractivity contribution in [2.45, 2.75) is 24.9 Å². The molecular weight excluding hydrogens is 276 g/mol. The molecule has 1 heterocycles. The highest BCUT2D eigenvalue weighted by atomic mass is 32.2. The summed E-state index contributed by atoms with van der Waals surface area (Å²) in [6.45, 7) is 3.34. The average molecular weight is 294 g/mol. The second-order valence-electron chi connectivity index (χ2n) is 4.71. The number of aryl methyl sites for hydroxylation is 2.